The van der Waals surface area contributed by atoms with E-state index in [-0.39, 0.29) is 11.3 Å². The number of amides is 1. The summed E-state index contributed by atoms with van der Waals surface area (Å²) in [5.74, 6) is -0.433. The third-order valence-corrected chi connectivity index (χ3v) is 6.05. The smallest absolute Gasteiger partial charge is 0.242 e. The molecule has 0 aliphatic rings. The number of anilines is 1. The number of rotatable bonds is 7. The zero-order valence-corrected chi connectivity index (χ0v) is 17.4. The van der Waals surface area contributed by atoms with Crippen LogP contribution in [-0.4, -0.2) is 20.4 Å². The van der Waals surface area contributed by atoms with Crippen molar-refractivity contribution in [2.45, 2.75) is 24.3 Å². The van der Waals surface area contributed by atoms with E-state index in [2.05, 4.69) is 10.0 Å². The van der Waals surface area contributed by atoms with Gasteiger partial charge in [-0.25, -0.2) is 8.42 Å². The Morgan fingerprint density at radius 3 is 2.31 bits per heavy atom. The summed E-state index contributed by atoms with van der Waals surface area (Å²) in [5.41, 5.74) is 2.44. The van der Waals surface area contributed by atoms with E-state index in [4.69, 9.17) is 11.6 Å². The fourth-order valence-electron chi connectivity index (χ4n) is 2.86. The van der Waals surface area contributed by atoms with Crippen molar-refractivity contribution in [3.63, 3.8) is 0 Å². The van der Waals surface area contributed by atoms with E-state index in [1.54, 1.807) is 6.07 Å². The van der Waals surface area contributed by atoms with Gasteiger partial charge >= 0.3 is 0 Å². The lowest BCUT2D eigenvalue weighted by atomic mass is 10.1. The molecule has 0 bridgehead atoms. The first-order valence-electron chi connectivity index (χ1n) is 9.03. The largest absolute Gasteiger partial charge is 0.325 e. The van der Waals surface area contributed by atoms with Crippen LogP contribution in [0.1, 0.15) is 11.1 Å². The van der Waals surface area contributed by atoms with Gasteiger partial charge in [-0.2, -0.15) is 4.72 Å². The molecule has 150 valence electrons. The number of benzene rings is 3. The molecule has 0 radical (unpaired) electrons. The number of hydrogen-bond acceptors (Lipinski definition) is 3. The highest BCUT2D eigenvalue weighted by Gasteiger charge is 2.26. The van der Waals surface area contributed by atoms with Crippen LogP contribution in [0.2, 0.25) is 5.02 Å². The Bertz CT molecular complexity index is 1080. The average Bonchev–Trinajstić information content (AvgIpc) is 2.68. The summed E-state index contributed by atoms with van der Waals surface area (Å²) in [7, 11) is -3.91. The van der Waals surface area contributed by atoms with E-state index in [0.29, 0.717) is 10.7 Å². The van der Waals surface area contributed by atoms with Crippen LogP contribution in [0.5, 0.6) is 0 Å². The predicted octanol–water partition coefficient (Wildman–Crippen LogP) is 4.18. The molecule has 0 unspecified atom stereocenters. The third kappa shape index (κ3) is 5.90. The number of nitrogens with one attached hydrogen (secondary N) is 2. The van der Waals surface area contributed by atoms with Gasteiger partial charge in [0.05, 0.1) is 4.90 Å². The molecule has 0 aromatic heterocycles. The van der Waals surface area contributed by atoms with Gasteiger partial charge in [-0.15, -0.1) is 0 Å². The number of hydrogen-bond donors (Lipinski definition) is 2. The molecule has 0 saturated heterocycles. The topological polar surface area (TPSA) is 75.3 Å². The lowest BCUT2D eigenvalue weighted by molar-refractivity contribution is -0.117. The number of aryl methyl sites for hydroxylation is 1. The van der Waals surface area contributed by atoms with Gasteiger partial charge in [0.1, 0.15) is 6.04 Å². The van der Waals surface area contributed by atoms with E-state index in [1.165, 1.54) is 24.3 Å². The molecule has 0 aliphatic heterocycles. The van der Waals surface area contributed by atoms with Crippen molar-refractivity contribution < 1.29 is 13.2 Å². The van der Waals surface area contributed by atoms with Gasteiger partial charge in [-0.1, -0.05) is 54.1 Å². The standard InChI is InChI=1S/C22H21ClN2O3S/c1-16-6-5-9-19(14-16)24-22(26)21(15-17-7-3-2-4-8-17)25-29(27,28)20-12-10-18(23)11-13-20/h2-14,21,25H,15H2,1H3,(H,24,26)/t21-/m1/s1. The number of sulfonamides is 1. The molecule has 3 aromatic rings. The second kappa shape index (κ2) is 9.22. The van der Waals surface area contributed by atoms with E-state index in [0.717, 1.165) is 11.1 Å². The van der Waals surface area contributed by atoms with Crippen LogP contribution in [-0.2, 0) is 21.2 Å². The summed E-state index contributed by atoms with van der Waals surface area (Å²) >= 11 is 5.85. The van der Waals surface area contributed by atoms with Gasteiger partial charge < -0.3 is 5.32 Å². The van der Waals surface area contributed by atoms with Crippen molar-refractivity contribution in [2.75, 3.05) is 5.32 Å². The quantitative estimate of drug-likeness (QED) is 0.592. The minimum atomic E-state index is -3.91. The van der Waals surface area contributed by atoms with E-state index in [9.17, 15) is 13.2 Å². The van der Waals surface area contributed by atoms with Crippen LogP contribution >= 0.6 is 11.6 Å². The summed E-state index contributed by atoms with van der Waals surface area (Å²) in [4.78, 5) is 13.0. The molecular formula is C22H21ClN2O3S. The highest BCUT2D eigenvalue weighted by molar-refractivity contribution is 7.89. The first-order valence-corrected chi connectivity index (χ1v) is 10.9. The molecule has 29 heavy (non-hydrogen) atoms. The molecule has 2 N–H and O–H groups in total. The van der Waals surface area contributed by atoms with Crippen LogP contribution in [0, 0.1) is 6.92 Å². The van der Waals surface area contributed by atoms with Gasteiger partial charge in [0, 0.05) is 10.7 Å². The van der Waals surface area contributed by atoms with Gasteiger partial charge in [0.2, 0.25) is 15.9 Å². The maximum absolute atomic E-state index is 12.9. The van der Waals surface area contributed by atoms with Crippen molar-refractivity contribution in [3.8, 4) is 0 Å². The molecule has 3 rings (SSSR count). The molecule has 5 nitrogen and oxygen atoms in total. The number of carbonyl (C=O) groups excluding carboxylic acids is 1. The lowest BCUT2D eigenvalue weighted by Crippen LogP contribution is -2.45. The second-order valence-electron chi connectivity index (χ2n) is 6.68. The van der Waals surface area contributed by atoms with Crippen molar-refractivity contribution >= 4 is 33.2 Å². The van der Waals surface area contributed by atoms with Crippen molar-refractivity contribution in [2.24, 2.45) is 0 Å². The van der Waals surface area contributed by atoms with Crippen molar-refractivity contribution in [1.29, 1.82) is 0 Å². The fraction of sp³-hybridized carbons (Fsp3) is 0.136. The summed E-state index contributed by atoms with van der Waals surface area (Å²) in [6.07, 6.45) is 0.214. The SMILES string of the molecule is Cc1cccc(NC(=O)[C@@H](Cc2ccccc2)NS(=O)(=O)c2ccc(Cl)cc2)c1. The Morgan fingerprint density at radius 2 is 1.66 bits per heavy atom. The highest BCUT2D eigenvalue weighted by atomic mass is 35.5. The molecule has 1 atom stereocenters. The first kappa shape index (κ1) is 21.0. The second-order valence-corrected chi connectivity index (χ2v) is 8.83. The number of halogens is 1. The first-order chi connectivity index (χ1) is 13.8. The van der Waals surface area contributed by atoms with Crippen molar-refractivity contribution in [1.82, 2.24) is 4.72 Å². The Kier molecular flexibility index (Phi) is 6.69. The molecule has 1 amide bonds. The third-order valence-electron chi connectivity index (χ3n) is 4.31. The van der Waals surface area contributed by atoms with Crippen molar-refractivity contribution in [3.05, 3.63) is 95.0 Å². The maximum atomic E-state index is 12.9. The van der Waals surface area contributed by atoms with Gasteiger partial charge in [0.15, 0.2) is 0 Å². The van der Waals surface area contributed by atoms with Crippen LogP contribution in [0.25, 0.3) is 0 Å². The Morgan fingerprint density at radius 1 is 0.966 bits per heavy atom. The van der Waals surface area contributed by atoms with Gasteiger partial charge in [0.25, 0.3) is 0 Å². The summed E-state index contributed by atoms with van der Waals surface area (Å²) in [6.45, 7) is 1.92. The minimum Gasteiger partial charge on any atom is -0.325 e. The van der Waals surface area contributed by atoms with Gasteiger partial charge in [-0.05, 0) is 60.9 Å². The van der Waals surface area contributed by atoms with E-state index in [1.807, 2.05) is 55.5 Å². The Labute approximate surface area is 175 Å². The Hall–Kier alpha value is -2.67. The molecule has 0 fully saturated rings. The van der Waals surface area contributed by atoms with E-state index < -0.39 is 22.0 Å². The summed E-state index contributed by atoms with van der Waals surface area (Å²) in [5, 5.41) is 3.23. The molecule has 3 aromatic carbocycles. The zero-order chi connectivity index (χ0) is 20.9. The molecule has 0 aliphatic carbocycles. The summed E-state index contributed by atoms with van der Waals surface area (Å²) in [6, 6.07) is 21.4. The van der Waals surface area contributed by atoms with E-state index >= 15 is 0 Å². The fourth-order valence-corrected chi connectivity index (χ4v) is 4.18. The predicted molar refractivity (Wildman–Crippen MR) is 116 cm³/mol. The molecular weight excluding hydrogens is 408 g/mol. The Balaban J connectivity index is 1.85. The van der Waals surface area contributed by atoms with Crippen LogP contribution in [0.4, 0.5) is 5.69 Å². The van der Waals surface area contributed by atoms with Crippen LogP contribution in [0.15, 0.2) is 83.8 Å². The lowest BCUT2D eigenvalue weighted by Gasteiger charge is -2.19. The molecule has 0 spiro atoms. The molecule has 7 heteroatoms. The average molecular weight is 429 g/mol. The highest BCUT2D eigenvalue weighted by Crippen LogP contribution is 2.16. The van der Waals surface area contributed by atoms with Crippen LogP contribution in [0.3, 0.4) is 0 Å². The maximum Gasteiger partial charge on any atom is 0.242 e. The van der Waals surface area contributed by atoms with Gasteiger partial charge in [-0.3, -0.25) is 4.79 Å². The number of carbonyl (C=O) groups is 1. The van der Waals surface area contributed by atoms with Crippen LogP contribution < -0.4 is 10.0 Å². The normalized spacial score (nSPS) is 12.3. The minimum absolute atomic E-state index is 0.0447. The monoisotopic (exact) mass is 428 g/mol. The summed E-state index contributed by atoms with van der Waals surface area (Å²) < 4.78 is 28.2. The zero-order valence-electron chi connectivity index (χ0n) is 15.8. The molecule has 0 heterocycles. The molecule has 0 saturated carbocycles.